The number of hydrogen-bond acceptors (Lipinski definition) is 4. The van der Waals surface area contributed by atoms with Gasteiger partial charge in [0.05, 0.1) is 11.0 Å². The molecule has 0 aliphatic heterocycles. The molecule has 3 N–H and O–H groups in total. The van der Waals surface area contributed by atoms with Crippen molar-refractivity contribution in [3.05, 3.63) is 21.9 Å². The van der Waals surface area contributed by atoms with Crippen LogP contribution >= 0.6 is 11.3 Å². The van der Waals surface area contributed by atoms with E-state index < -0.39 is 0 Å². The number of thiophene rings is 1. The number of amides is 1. The number of carbonyl (C=O) groups is 1. The van der Waals surface area contributed by atoms with E-state index in [1.165, 1.54) is 4.88 Å². The summed E-state index contributed by atoms with van der Waals surface area (Å²) in [4.78, 5) is 14.0. The van der Waals surface area contributed by atoms with Crippen LogP contribution in [0.1, 0.15) is 53.6 Å². The highest BCUT2D eigenvalue weighted by atomic mass is 32.1. The van der Waals surface area contributed by atoms with Gasteiger partial charge >= 0.3 is 0 Å². The van der Waals surface area contributed by atoms with E-state index >= 15 is 0 Å². The Balaban J connectivity index is 1.56. The van der Waals surface area contributed by atoms with Crippen molar-refractivity contribution in [2.75, 3.05) is 13.2 Å². The first kappa shape index (κ1) is 16.5. The van der Waals surface area contributed by atoms with Crippen molar-refractivity contribution in [1.29, 1.82) is 0 Å². The standard InChI is InChI=1S/C16H26N2O2S/c1-2-14-8-9-15(21-14)16(19)18-10-3-11-20-13-6-4-12(17)5-7-13/h8-9,12-13H,2-7,10-11,17H2,1H3,(H,18,19). The topological polar surface area (TPSA) is 64.3 Å². The van der Waals surface area contributed by atoms with Gasteiger partial charge in [0.25, 0.3) is 5.91 Å². The number of carbonyl (C=O) groups excluding carboxylic acids is 1. The molecule has 1 aromatic heterocycles. The molecule has 2 rings (SSSR count). The minimum atomic E-state index is 0.0309. The molecule has 5 heteroatoms. The van der Waals surface area contributed by atoms with E-state index in [-0.39, 0.29) is 5.91 Å². The van der Waals surface area contributed by atoms with Crippen LogP contribution in [0.15, 0.2) is 12.1 Å². The fraction of sp³-hybridized carbons (Fsp3) is 0.688. The smallest absolute Gasteiger partial charge is 0.261 e. The lowest BCUT2D eigenvalue weighted by molar-refractivity contribution is 0.0241. The number of hydrogen-bond donors (Lipinski definition) is 2. The predicted molar refractivity (Wildman–Crippen MR) is 86.8 cm³/mol. The van der Waals surface area contributed by atoms with Gasteiger partial charge in [-0.15, -0.1) is 11.3 Å². The highest BCUT2D eigenvalue weighted by molar-refractivity contribution is 7.14. The molecule has 1 aliphatic carbocycles. The summed E-state index contributed by atoms with van der Waals surface area (Å²) in [6, 6.07) is 4.29. The van der Waals surface area contributed by atoms with E-state index in [2.05, 4.69) is 12.2 Å². The zero-order chi connectivity index (χ0) is 15.1. The van der Waals surface area contributed by atoms with Crippen molar-refractivity contribution in [2.24, 2.45) is 5.73 Å². The summed E-state index contributed by atoms with van der Waals surface area (Å²) in [6.45, 7) is 3.48. The van der Waals surface area contributed by atoms with Crippen molar-refractivity contribution in [3.8, 4) is 0 Å². The van der Waals surface area contributed by atoms with Crippen LogP contribution in [0.4, 0.5) is 0 Å². The van der Waals surface area contributed by atoms with E-state index in [9.17, 15) is 4.79 Å². The zero-order valence-corrected chi connectivity index (χ0v) is 13.6. The van der Waals surface area contributed by atoms with Gasteiger partial charge in [0.2, 0.25) is 0 Å². The van der Waals surface area contributed by atoms with Crippen LogP contribution in [0, 0.1) is 0 Å². The van der Waals surface area contributed by atoms with E-state index in [4.69, 9.17) is 10.5 Å². The first-order valence-electron chi connectivity index (χ1n) is 7.93. The Kier molecular flexibility index (Phi) is 6.67. The third-order valence-corrected chi connectivity index (χ3v) is 5.14. The second-order valence-electron chi connectivity index (χ2n) is 5.64. The minimum Gasteiger partial charge on any atom is -0.378 e. The average molecular weight is 310 g/mol. The molecule has 4 nitrogen and oxygen atoms in total. The molecule has 0 radical (unpaired) electrons. The SMILES string of the molecule is CCc1ccc(C(=O)NCCCOC2CCC(N)CC2)s1. The molecule has 0 spiro atoms. The molecule has 0 bridgehead atoms. The molecular formula is C16H26N2O2S. The van der Waals surface area contributed by atoms with Crippen LogP contribution in [0.2, 0.25) is 0 Å². The normalized spacial score (nSPS) is 22.2. The Bertz CT molecular complexity index is 439. The van der Waals surface area contributed by atoms with Gasteiger partial charge in [-0.25, -0.2) is 0 Å². The molecule has 1 fully saturated rings. The second-order valence-corrected chi connectivity index (χ2v) is 6.80. The Labute approximate surface area is 131 Å². The van der Waals surface area contributed by atoms with Gasteiger partial charge in [-0.3, -0.25) is 4.79 Å². The van der Waals surface area contributed by atoms with Crippen LogP contribution in [-0.4, -0.2) is 31.2 Å². The molecule has 1 aromatic rings. The molecule has 1 saturated carbocycles. The van der Waals surface area contributed by atoms with Crippen molar-refractivity contribution in [3.63, 3.8) is 0 Å². The second kappa shape index (κ2) is 8.51. The lowest BCUT2D eigenvalue weighted by atomic mass is 9.94. The zero-order valence-electron chi connectivity index (χ0n) is 12.8. The number of rotatable bonds is 7. The minimum absolute atomic E-state index is 0.0309. The van der Waals surface area contributed by atoms with E-state index in [0.717, 1.165) is 43.4 Å². The van der Waals surface area contributed by atoms with E-state index in [1.54, 1.807) is 11.3 Å². The lowest BCUT2D eigenvalue weighted by Crippen LogP contribution is -2.31. The predicted octanol–water partition coefficient (Wildman–Crippen LogP) is 2.72. The number of nitrogens with two attached hydrogens (primary N) is 1. The number of ether oxygens (including phenoxy) is 1. The van der Waals surface area contributed by atoms with Crippen LogP contribution in [-0.2, 0) is 11.2 Å². The molecule has 0 unspecified atom stereocenters. The van der Waals surface area contributed by atoms with Crippen LogP contribution in [0.25, 0.3) is 0 Å². The van der Waals surface area contributed by atoms with Crippen molar-refractivity contribution >= 4 is 17.2 Å². The highest BCUT2D eigenvalue weighted by Gasteiger charge is 2.18. The number of nitrogens with one attached hydrogen (secondary N) is 1. The maximum absolute atomic E-state index is 11.9. The Hall–Kier alpha value is -0.910. The summed E-state index contributed by atoms with van der Waals surface area (Å²) < 4.78 is 5.84. The Morgan fingerprint density at radius 1 is 1.38 bits per heavy atom. The first-order valence-corrected chi connectivity index (χ1v) is 8.74. The van der Waals surface area contributed by atoms with Crippen LogP contribution in [0.5, 0.6) is 0 Å². The molecule has 0 atom stereocenters. The van der Waals surface area contributed by atoms with Gasteiger partial charge in [-0.1, -0.05) is 6.92 Å². The molecule has 0 aromatic carbocycles. The van der Waals surface area contributed by atoms with Gasteiger partial charge in [0, 0.05) is 24.1 Å². The highest BCUT2D eigenvalue weighted by Crippen LogP contribution is 2.20. The lowest BCUT2D eigenvalue weighted by Gasteiger charge is -2.26. The average Bonchev–Trinajstić information content (AvgIpc) is 2.98. The van der Waals surface area contributed by atoms with E-state index in [1.807, 2.05) is 12.1 Å². The molecule has 21 heavy (non-hydrogen) atoms. The quantitative estimate of drug-likeness (QED) is 0.761. The fourth-order valence-corrected chi connectivity index (χ4v) is 3.42. The third kappa shape index (κ3) is 5.41. The monoisotopic (exact) mass is 310 g/mol. The maximum atomic E-state index is 11.9. The summed E-state index contributed by atoms with van der Waals surface area (Å²) in [5.41, 5.74) is 5.87. The molecular weight excluding hydrogens is 284 g/mol. The largest absolute Gasteiger partial charge is 0.378 e. The molecule has 118 valence electrons. The van der Waals surface area contributed by atoms with Gasteiger partial charge < -0.3 is 15.8 Å². The first-order chi connectivity index (χ1) is 10.2. The summed E-state index contributed by atoms with van der Waals surface area (Å²) >= 11 is 1.57. The molecule has 1 heterocycles. The van der Waals surface area contributed by atoms with Crippen molar-refractivity contribution in [2.45, 2.75) is 57.6 Å². The fourth-order valence-electron chi connectivity index (χ4n) is 2.56. The van der Waals surface area contributed by atoms with Crippen LogP contribution < -0.4 is 11.1 Å². The van der Waals surface area contributed by atoms with E-state index in [0.29, 0.717) is 25.3 Å². The molecule has 1 aliphatic rings. The van der Waals surface area contributed by atoms with Crippen LogP contribution in [0.3, 0.4) is 0 Å². The van der Waals surface area contributed by atoms with Gasteiger partial charge in [0.15, 0.2) is 0 Å². The molecule has 0 saturated heterocycles. The maximum Gasteiger partial charge on any atom is 0.261 e. The summed E-state index contributed by atoms with van der Waals surface area (Å²) in [6.07, 6.45) is 6.49. The Morgan fingerprint density at radius 2 is 2.14 bits per heavy atom. The van der Waals surface area contributed by atoms with Crippen molar-refractivity contribution < 1.29 is 9.53 Å². The Morgan fingerprint density at radius 3 is 2.81 bits per heavy atom. The van der Waals surface area contributed by atoms with Gasteiger partial charge in [-0.2, -0.15) is 0 Å². The third-order valence-electron chi connectivity index (χ3n) is 3.91. The number of aryl methyl sites for hydroxylation is 1. The summed E-state index contributed by atoms with van der Waals surface area (Å²) in [5.74, 6) is 0.0309. The molecule has 1 amide bonds. The summed E-state index contributed by atoms with van der Waals surface area (Å²) in [5, 5.41) is 2.95. The van der Waals surface area contributed by atoms with Gasteiger partial charge in [-0.05, 0) is 50.7 Å². The van der Waals surface area contributed by atoms with Gasteiger partial charge in [0.1, 0.15) is 0 Å². The summed E-state index contributed by atoms with van der Waals surface area (Å²) in [7, 11) is 0. The van der Waals surface area contributed by atoms with Crippen molar-refractivity contribution in [1.82, 2.24) is 5.32 Å².